The molecule has 0 aliphatic heterocycles. The molecule has 0 N–H and O–H groups in total. The summed E-state index contributed by atoms with van der Waals surface area (Å²) in [6.45, 7) is -0.256. The van der Waals surface area contributed by atoms with Gasteiger partial charge in [0.1, 0.15) is 0 Å². The van der Waals surface area contributed by atoms with E-state index >= 15 is 0 Å². The zero-order chi connectivity index (χ0) is 10.9. The Kier molecular flexibility index (Phi) is 13.0. The standard InChI is InChI=1S/C9H19FO3S.Li/c10-8-6-4-2-1-3-5-7-9-14(11,12)13;/h1-9H2,(H,11,12,13);/q;+1/p-1. The van der Waals surface area contributed by atoms with Crippen LogP contribution in [0.5, 0.6) is 0 Å². The van der Waals surface area contributed by atoms with Gasteiger partial charge < -0.3 is 4.55 Å². The van der Waals surface area contributed by atoms with E-state index in [0.717, 1.165) is 32.1 Å². The second-order valence-corrected chi connectivity index (χ2v) is 4.95. The predicted octanol–water partition coefficient (Wildman–Crippen LogP) is -0.764. The molecule has 0 aromatic carbocycles. The Balaban J connectivity index is 0. The van der Waals surface area contributed by atoms with Gasteiger partial charge in [0.2, 0.25) is 0 Å². The summed E-state index contributed by atoms with van der Waals surface area (Å²) in [5.74, 6) is -0.252. The first-order valence-electron chi connectivity index (χ1n) is 5.06. The van der Waals surface area contributed by atoms with Crippen LogP contribution in [0.2, 0.25) is 0 Å². The summed E-state index contributed by atoms with van der Waals surface area (Å²) in [7, 11) is -4.03. The van der Waals surface area contributed by atoms with Crippen molar-refractivity contribution >= 4 is 10.1 Å². The van der Waals surface area contributed by atoms with Gasteiger partial charge in [0.05, 0.1) is 16.8 Å². The zero-order valence-electron chi connectivity index (χ0n) is 9.37. The Hall–Kier alpha value is 0.437. The van der Waals surface area contributed by atoms with Gasteiger partial charge in [-0.15, -0.1) is 0 Å². The van der Waals surface area contributed by atoms with Crippen molar-refractivity contribution in [3.63, 3.8) is 0 Å². The minimum atomic E-state index is -4.03. The molecule has 0 aliphatic rings. The molecule has 0 unspecified atom stereocenters. The largest absolute Gasteiger partial charge is 1.00 e. The molecule has 6 heteroatoms. The molecule has 0 saturated heterocycles. The molecule has 15 heavy (non-hydrogen) atoms. The molecular weight excluding hydrogens is 214 g/mol. The van der Waals surface area contributed by atoms with Crippen LogP contribution in [0, 0.1) is 0 Å². The van der Waals surface area contributed by atoms with Crippen molar-refractivity contribution in [2.75, 3.05) is 12.4 Å². The Bertz CT molecular complexity index is 219. The van der Waals surface area contributed by atoms with E-state index < -0.39 is 10.1 Å². The normalized spacial score (nSPS) is 11.1. The molecule has 0 atom stereocenters. The summed E-state index contributed by atoms with van der Waals surface area (Å²) in [5.41, 5.74) is 0. The fourth-order valence-corrected chi connectivity index (χ4v) is 1.81. The molecule has 0 aromatic rings. The third kappa shape index (κ3) is 17.1. The molecule has 0 amide bonds. The summed E-state index contributed by atoms with van der Waals surface area (Å²) in [6, 6.07) is 0. The molecule has 0 aromatic heterocycles. The number of rotatable bonds is 9. The van der Waals surface area contributed by atoms with Gasteiger partial charge in [-0.25, -0.2) is 8.42 Å². The second-order valence-electron chi connectivity index (χ2n) is 3.43. The molecule has 0 radical (unpaired) electrons. The van der Waals surface area contributed by atoms with E-state index in [1.54, 1.807) is 0 Å². The van der Waals surface area contributed by atoms with Gasteiger partial charge in [-0.1, -0.05) is 32.1 Å². The third-order valence-electron chi connectivity index (χ3n) is 2.03. The molecular formula is C9H18FLiO3S. The zero-order valence-corrected chi connectivity index (χ0v) is 10.2. The van der Waals surface area contributed by atoms with Gasteiger partial charge in [-0.05, 0) is 12.8 Å². The van der Waals surface area contributed by atoms with Crippen LogP contribution in [0.4, 0.5) is 4.39 Å². The van der Waals surface area contributed by atoms with Crippen LogP contribution in [0.15, 0.2) is 0 Å². The van der Waals surface area contributed by atoms with E-state index in [9.17, 15) is 17.4 Å². The van der Waals surface area contributed by atoms with Crippen LogP contribution in [-0.4, -0.2) is 25.4 Å². The van der Waals surface area contributed by atoms with Crippen LogP contribution in [0.25, 0.3) is 0 Å². The summed E-state index contributed by atoms with van der Waals surface area (Å²) in [6.07, 6.45) is 5.67. The Morgan fingerprint density at radius 3 is 1.67 bits per heavy atom. The van der Waals surface area contributed by atoms with E-state index in [1.807, 2.05) is 0 Å². The predicted molar refractivity (Wildman–Crippen MR) is 52.9 cm³/mol. The monoisotopic (exact) mass is 232 g/mol. The first kappa shape index (κ1) is 17.8. The Morgan fingerprint density at radius 1 is 0.867 bits per heavy atom. The van der Waals surface area contributed by atoms with Crippen molar-refractivity contribution in [2.45, 2.75) is 44.9 Å². The number of halogens is 1. The Morgan fingerprint density at radius 2 is 1.27 bits per heavy atom. The molecule has 3 nitrogen and oxygen atoms in total. The number of unbranched alkanes of at least 4 members (excludes halogenated alkanes) is 6. The van der Waals surface area contributed by atoms with Gasteiger partial charge in [0.15, 0.2) is 0 Å². The molecule has 0 bridgehead atoms. The maximum atomic E-state index is 11.7. The van der Waals surface area contributed by atoms with Gasteiger partial charge in [-0.3, -0.25) is 4.39 Å². The minimum Gasteiger partial charge on any atom is -0.748 e. The average molecular weight is 232 g/mol. The van der Waals surface area contributed by atoms with Gasteiger partial charge in [0.25, 0.3) is 0 Å². The SMILES string of the molecule is O=S(=O)([O-])CCCCCCCCCF.[Li+]. The van der Waals surface area contributed by atoms with E-state index in [4.69, 9.17) is 0 Å². The van der Waals surface area contributed by atoms with Gasteiger partial charge in [0, 0.05) is 5.75 Å². The molecule has 86 valence electrons. The summed E-state index contributed by atoms with van der Waals surface area (Å²) < 4.78 is 42.3. The van der Waals surface area contributed by atoms with Gasteiger partial charge in [-0.2, -0.15) is 0 Å². The topological polar surface area (TPSA) is 57.2 Å². The van der Waals surface area contributed by atoms with E-state index in [1.165, 1.54) is 0 Å². The van der Waals surface area contributed by atoms with Crippen LogP contribution in [0.3, 0.4) is 0 Å². The van der Waals surface area contributed by atoms with Crippen LogP contribution in [-0.2, 0) is 10.1 Å². The summed E-state index contributed by atoms with van der Waals surface area (Å²) in [4.78, 5) is 0. The fraction of sp³-hybridized carbons (Fsp3) is 1.00. The summed E-state index contributed by atoms with van der Waals surface area (Å²) in [5, 5.41) is 0. The minimum absolute atomic E-state index is 0. The molecule has 0 aliphatic carbocycles. The summed E-state index contributed by atoms with van der Waals surface area (Å²) >= 11 is 0. The first-order valence-corrected chi connectivity index (χ1v) is 6.63. The van der Waals surface area contributed by atoms with Crippen molar-refractivity contribution in [3.8, 4) is 0 Å². The van der Waals surface area contributed by atoms with Gasteiger partial charge >= 0.3 is 18.9 Å². The van der Waals surface area contributed by atoms with Crippen molar-refractivity contribution in [1.29, 1.82) is 0 Å². The molecule has 0 rings (SSSR count). The molecule has 0 heterocycles. The van der Waals surface area contributed by atoms with Crippen molar-refractivity contribution < 1.29 is 36.2 Å². The maximum Gasteiger partial charge on any atom is 1.00 e. The van der Waals surface area contributed by atoms with Crippen molar-refractivity contribution in [2.24, 2.45) is 0 Å². The number of alkyl halides is 1. The Labute approximate surface area is 104 Å². The average Bonchev–Trinajstić information content (AvgIpc) is 2.08. The van der Waals surface area contributed by atoms with Crippen molar-refractivity contribution in [3.05, 3.63) is 0 Å². The van der Waals surface area contributed by atoms with Crippen LogP contribution < -0.4 is 18.9 Å². The quantitative estimate of drug-likeness (QED) is 0.298. The van der Waals surface area contributed by atoms with E-state index in [-0.39, 0.29) is 31.3 Å². The third-order valence-corrected chi connectivity index (χ3v) is 2.82. The number of hydrogen-bond donors (Lipinski definition) is 0. The molecule has 0 fully saturated rings. The van der Waals surface area contributed by atoms with Crippen LogP contribution >= 0.6 is 0 Å². The van der Waals surface area contributed by atoms with Crippen LogP contribution in [0.1, 0.15) is 44.9 Å². The molecule has 0 spiro atoms. The van der Waals surface area contributed by atoms with E-state index in [0.29, 0.717) is 12.8 Å². The maximum absolute atomic E-state index is 11.7. The second kappa shape index (κ2) is 10.9. The first-order chi connectivity index (χ1) is 6.56. The fourth-order valence-electron chi connectivity index (χ4n) is 1.26. The smallest absolute Gasteiger partial charge is 0.748 e. The van der Waals surface area contributed by atoms with E-state index in [2.05, 4.69) is 0 Å². The number of hydrogen-bond acceptors (Lipinski definition) is 3. The molecule has 0 saturated carbocycles. The van der Waals surface area contributed by atoms with Crippen molar-refractivity contribution in [1.82, 2.24) is 0 Å².